The average molecular weight is 319 g/mol. The third-order valence-corrected chi connectivity index (χ3v) is 5.17. The maximum atomic E-state index is 12.6. The van der Waals surface area contributed by atoms with Gasteiger partial charge in [0, 0.05) is 37.4 Å². The van der Waals surface area contributed by atoms with Crippen LogP contribution >= 0.6 is 0 Å². The van der Waals surface area contributed by atoms with Crippen molar-refractivity contribution in [2.24, 2.45) is 11.1 Å². The number of methoxy groups -OCH3 is 1. The van der Waals surface area contributed by atoms with Gasteiger partial charge < -0.3 is 20.7 Å². The van der Waals surface area contributed by atoms with E-state index in [9.17, 15) is 4.79 Å². The Hall–Kier alpha value is -1.75. The molecule has 1 aliphatic heterocycles. The van der Waals surface area contributed by atoms with Crippen molar-refractivity contribution < 1.29 is 9.53 Å². The first-order valence-electron chi connectivity index (χ1n) is 8.48. The zero-order chi connectivity index (χ0) is 16.9. The van der Waals surface area contributed by atoms with E-state index in [4.69, 9.17) is 10.5 Å². The summed E-state index contributed by atoms with van der Waals surface area (Å²) in [4.78, 5) is 14.9. The van der Waals surface area contributed by atoms with Gasteiger partial charge in [-0.2, -0.15) is 0 Å². The summed E-state index contributed by atoms with van der Waals surface area (Å²) in [6, 6.07) is 8.23. The summed E-state index contributed by atoms with van der Waals surface area (Å²) in [5.74, 6) is 0.955. The summed E-state index contributed by atoms with van der Waals surface area (Å²) in [5, 5.41) is 3.21. The molecule has 2 rings (SSSR count). The van der Waals surface area contributed by atoms with Gasteiger partial charge >= 0.3 is 0 Å². The van der Waals surface area contributed by atoms with E-state index < -0.39 is 5.41 Å². The summed E-state index contributed by atoms with van der Waals surface area (Å²) in [6.45, 7) is 6.23. The van der Waals surface area contributed by atoms with Crippen LogP contribution in [0.4, 0.5) is 5.69 Å². The maximum Gasteiger partial charge on any atom is 0.227 e. The summed E-state index contributed by atoms with van der Waals surface area (Å²) in [6.07, 6.45) is 2.51. The van der Waals surface area contributed by atoms with Gasteiger partial charge in [-0.3, -0.25) is 4.79 Å². The summed E-state index contributed by atoms with van der Waals surface area (Å²) in [7, 11) is 1.67. The molecule has 0 aliphatic carbocycles. The summed E-state index contributed by atoms with van der Waals surface area (Å²) >= 11 is 0. The van der Waals surface area contributed by atoms with Crippen LogP contribution in [0.15, 0.2) is 24.3 Å². The number of nitrogens with two attached hydrogens (primary N) is 1. The van der Waals surface area contributed by atoms with Gasteiger partial charge in [0.25, 0.3) is 0 Å². The van der Waals surface area contributed by atoms with Crippen molar-refractivity contribution in [2.45, 2.75) is 39.2 Å². The van der Waals surface area contributed by atoms with E-state index in [0.29, 0.717) is 6.54 Å². The number of carbonyl (C=O) groups excluding carboxylic acids is 1. The molecular weight excluding hydrogens is 290 g/mol. The molecular formula is C18H29N3O2. The molecule has 3 N–H and O–H groups in total. The van der Waals surface area contributed by atoms with Crippen LogP contribution < -0.4 is 20.7 Å². The van der Waals surface area contributed by atoms with E-state index in [1.54, 1.807) is 7.11 Å². The topological polar surface area (TPSA) is 67.6 Å². The predicted molar refractivity (Wildman–Crippen MR) is 93.8 cm³/mol. The molecule has 1 aromatic rings. The second-order valence-electron chi connectivity index (χ2n) is 6.30. The van der Waals surface area contributed by atoms with Gasteiger partial charge in [0.15, 0.2) is 0 Å². The highest BCUT2D eigenvalue weighted by Gasteiger charge is 2.35. The van der Waals surface area contributed by atoms with Crippen LogP contribution in [0.1, 0.15) is 33.1 Å². The first-order chi connectivity index (χ1) is 11.1. The highest BCUT2D eigenvalue weighted by molar-refractivity contribution is 5.83. The van der Waals surface area contributed by atoms with Gasteiger partial charge in [0.2, 0.25) is 5.91 Å². The van der Waals surface area contributed by atoms with Crippen LogP contribution in [0.3, 0.4) is 0 Å². The Morgan fingerprint density at radius 3 is 2.78 bits per heavy atom. The highest BCUT2D eigenvalue weighted by atomic mass is 16.5. The Morgan fingerprint density at radius 1 is 1.43 bits per heavy atom. The molecule has 1 fully saturated rings. The number of amides is 1. The summed E-state index contributed by atoms with van der Waals surface area (Å²) in [5.41, 5.74) is 6.58. The van der Waals surface area contributed by atoms with Crippen molar-refractivity contribution >= 4 is 11.6 Å². The largest absolute Gasteiger partial charge is 0.497 e. The number of anilines is 1. The predicted octanol–water partition coefficient (Wildman–Crippen LogP) is 2.16. The van der Waals surface area contributed by atoms with E-state index >= 15 is 0 Å². The van der Waals surface area contributed by atoms with Crippen LogP contribution in [-0.4, -0.2) is 38.7 Å². The lowest BCUT2D eigenvalue weighted by atomic mass is 9.81. The molecule has 128 valence electrons. The molecule has 1 saturated heterocycles. The van der Waals surface area contributed by atoms with Crippen molar-refractivity contribution in [1.82, 2.24) is 5.32 Å². The lowest BCUT2D eigenvalue weighted by Gasteiger charge is -2.30. The molecule has 1 aromatic carbocycles. The number of nitrogens with zero attached hydrogens (tertiary/aromatic N) is 1. The standard InChI is InChI=1S/C18H29N3O2/c1-4-18(5-2,13-19)17(22)20-14-9-10-21(12-14)15-7-6-8-16(11-15)23-3/h6-8,11,14H,4-5,9-10,12-13,19H2,1-3H3,(H,20,22). The average Bonchev–Trinajstić information content (AvgIpc) is 3.05. The van der Waals surface area contributed by atoms with Crippen LogP contribution in [-0.2, 0) is 4.79 Å². The SMILES string of the molecule is CCC(CC)(CN)C(=O)NC1CCN(c2cccc(OC)c2)C1. The lowest BCUT2D eigenvalue weighted by molar-refractivity contribution is -0.131. The van der Waals surface area contributed by atoms with Gasteiger partial charge in [-0.15, -0.1) is 0 Å². The summed E-state index contributed by atoms with van der Waals surface area (Å²) < 4.78 is 5.28. The van der Waals surface area contributed by atoms with Gasteiger partial charge in [-0.1, -0.05) is 19.9 Å². The number of nitrogens with one attached hydrogen (secondary N) is 1. The molecule has 1 heterocycles. The quantitative estimate of drug-likeness (QED) is 0.808. The minimum atomic E-state index is -0.427. The van der Waals surface area contributed by atoms with Crippen molar-refractivity contribution in [3.63, 3.8) is 0 Å². The van der Waals surface area contributed by atoms with Gasteiger partial charge in [-0.25, -0.2) is 0 Å². The third-order valence-electron chi connectivity index (χ3n) is 5.17. The normalized spacial score (nSPS) is 18.1. The molecule has 0 spiro atoms. The molecule has 0 saturated carbocycles. The molecule has 23 heavy (non-hydrogen) atoms. The number of carbonyl (C=O) groups is 1. The van der Waals surface area contributed by atoms with Crippen LogP contribution in [0, 0.1) is 5.41 Å². The number of hydrogen-bond donors (Lipinski definition) is 2. The van der Waals surface area contributed by atoms with E-state index in [1.807, 2.05) is 32.0 Å². The van der Waals surface area contributed by atoms with Crippen LogP contribution in [0.2, 0.25) is 0 Å². The minimum absolute atomic E-state index is 0.0995. The number of hydrogen-bond acceptors (Lipinski definition) is 4. The Labute approximate surface area is 139 Å². The Kier molecular flexibility index (Phi) is 5.88. The van der Waals surface area contributed by atoms with Crippen molar-refractivity contribution in [3.8, 4) is 5.75 Å². The monoisotopic (exact) mass is 319 g/mol. The number of benzene rings is 1. The fourth-order valence-electron chi connectivity index (χ4n) is 3.21. The van der Waals surface area contributed by atoms with Crippen LogP contribution in [0.25, 0.3) is 0 Å². The number of ether oxygens (including phenoxy) is 1. The van der Waals surface area contributed by atoms with E-state index in [1.165, 1.54) is 0 Å². The van der Waals surface area contributed by atoms with E-state index in [-0.39, 0.29) is 11.9 Å². The second kappa shape index (κ2) is 7.68. The molecule has 1 unspecified atom stereocenters. The van der Waals surface area contributed by atoms with Gasteiger partial charge in [0.1, 0.15) is 5.75 Å². The fraction of sp³-hybridized carbons (Fsp3) is 0.611. The highest BCUT2D eigenvalue weighted by Crippen LogP contribution is 2.27. The van der Waals surface area contributed by atoms with Gasteiger partial charge in [0.05, 0.1) is 12.5 Å². The smallest absolute Gasteiger partial charge is 0.227 e. The maximum absolute atomic E-state index is 12.6. The van der Waals surface area contributed by atoms with E-state index in [2.05, 4.69) is 16.3 Å². The van der Waals surface area contributed by atoms with E-state index in [0.717, 1.165) is 43.8 Å². The molecule has 1 aliphatic rings. The minimum Gasteiger partial charge on any atom is -0.497 e. The van der Waals surface area contributed by atoms with Crippen molar-refractivity contribution in [2.75, 3.05) is 31.6 Å². The lowest BCUT2D eigenvalue weighted by Crippen LogP contribution is -2.49. The molecule has 1 amide bonds. The first kappa shape index (κ1) is 17.6. The molecule has 0 radical (unpaired) electrons. The zero-order valence-electron chi connectivity index (χ0n) is 14.5. The van der Waals surface area contributed by atoms with Crippen LogP contribution in [0.5, 0.6) is 5.75 Å². The van der Waals surface area contributed by atoms with Crippen molar-refractivity contribution in [1.29, 1.82) is 0 Å². The first-order valence-corrected chi connectivity index (χ1v) is 8.48. The third kappa shape index (κ3) is 3.78. The Balaban J connectivity index is 1.98. The fourth-order valence-corrected chi connectivity index (χ4v) is 3.21. The molecule has 5 heteroatoms. The van der Waals surface area contributed by atoms with Gasteiger partial charge in [-0.05, 0) is 31.4 Å². The molecule has 0 aromatic heterocycles. The second-order valence-corrected chi connectivity index (χ2v) is 6.30. The Bertz CT molecular complexity index is 520. The van der Waals surface area contributed by atoms with Crippen molar-refractivity contribution in [3.05, 3.63) is 24.3 Å². The molecule has 1 atom stereocenters. The molecule has 0 bridgehead atoms. The Morgan fingerprint density at radius 2 is 2.17 bits per heavy atom. The molecule has 5 nitrogen and oxygen atoms in total. The number of rotatable bonds is 7. The zero-order valence-corrected chi connectivity index (χ0v) is 14.5.